The molecular weight excluding hydrogens is 312 g/mol. The van der Waals surface area contributed by atoms with E-state index in [9.17, 15) is 14.4 Å². The van der Waals surface area contributed by atoms with Crippen LogP contribution in [0.2, 0.25) is 0 Å². The van der Waals surface area contributed by atoms with E-state index < -0.39 is 0 Å². The molecule has 2 heterocycles. The maximum atomic E-state index is 12.9. The molecule has 8 nitrogen and oxygen atoms in total. The van der Waals surface area contributed by atoms with Gasteiger partial charge in [0.05, 0.1) is 18.2 Å². The fourth-order valence-corrected chi connectivity index (χ4v) is 2.99. The first-order chi connectivity index (χ1) is 11.3. The monoisotopic (exact) mass is 338 g/mol. The molecule has 1 saturated heterocycles. The van der Waals surface area contributed by atoms with Crippen LogP contribution in [0.3, 0.4) is 0 Å². The molecule has 0 radical (unpaired) electrons. The normalized spacial score (nSPS) is 21.5. The van der Waals surface area contributed by atoms with Gasteiger partial charge in [0.1, 0.15) is 0 Å². The summed E-state index contributed by atoms with van der Waals surface area (Å²) in [6, 6.07) is -0.593. The van der Waals surface area contributed by atoms with Crippen LogP contribution in [0.5, 0.6) is 0 Å². The molecule has 0 aromatic heterocycles. The lowest BCUT2D eigenvalue weighted by Gasteiger charge is -2.37. The maximum absolute atomic E-state index is 12.9. The van der Waals surface area contributed by atoms with E-state index in [4.69, 9.17) is 4.74 Å². The lowest BCUT2D eigenvalue weighted by molar-refractivity contribution is -0.129. The molecule has 2 aliphatic heterocycles. The van der Waals surface area contributed by atoms with E-state index in [0.29, 0.717) is 44.1 Å². The van der Waals surface area contributed by atoms with Gasteiger partial charge in [0.25, 0.3) is 5.91 Å². The number of piperazine rings is 1. The molecule has 24 heavy (non-hydrogen) atoms. The standard InChI is InChI=1S/C16H26N4O4/c1-5-24-16(23)20-8-6-19(7-9-20)14(21)12-11(4)17-15(22)18-13(12)10(2)3/h10,13H,5-9H2,1-4H3,(H2,17,18,22)/t13-/m1/s1. The molecule has 0 saturated carbocycles. The van der Waals surface area contributed by atoms with Crippen LogP contribution in [0.1, 0.15) is 27.7 Å². The number of nitrogens with zero attached hydrogens (tertiary/aromatic N) is 2. The van der Waals surface area contributed by atoms with Crippen LogP contribution in [0.15, 0.2) is 11.3 Å². The van der Waals surface area contributed by atoms with Crippen LogP contribution in [-0.2, 0) is 9.53 Å². The maximum Gasteiger partial charge on any atom is 0.409 e. The second-order valence-corrected chi connectivity index (χ2v) is 6.34. The summed E-state index contributed by atoms with van der Waals surface area (Å²) in [6.07, 6.45) is -0.341. The largest absolute Gasteiger partial charge is 0.450 e. The van der Waals surface area contributed by atoms with Gasteiger partial charge in [0, 0.05) is 31.9 Å². The van der Waals surface area contributed by atoms with Gasteiger partial charge in [-0.05, 0) is 19.8 Å². The van der Waals surface area contributed by atoms with Crippen LogP contribution in [-0.4, -0.2) is 66.7 Å². The number of nitrogens with one attached hydrogen (secondary N) is 2. The summed E-state index contributed by atoms with van der Waals surface area (Å²) in [6.45, 7) is 9.59. The summed E-state index contributed by atoms with van der Waals surface area (Å²) in [4.78, 5) is 39.7. The molecule has 2 N–H and O–H groups in total. The van der Waals surface area contributed by atoms with E-state index in [0.717, 1.165) is 0 Å². The zero-order chi connectivity index (χ0) is 17.9. The van der Waals surface area contributed by atoms with Gasteiger partial charge < -0.3 is 25.2 Å². The first-order valence-electron chi connectivity index (χ1n) is 8.34. The van der Waals surface area contributed by atoms with Crippen LogP contribution < -0.4 is 10.6 Å². The van der Waals surface area contributed by atoms with Crippen LogP contribution in [0, 0.1) is 5.92 Å². The van der Waals surface area contributed by atoms with Gasteiger partial charge in [-0.15, -0.1) is 0 Å². The van der Waals surface area contributed by atoms with Crippen molar-refractivity contribution in [1.82, 2.24) is 20.4 Å². The zero-order valence-electron chi connectivity index (χ0n) is 14.7. The Labute approximate surface area is 142 Å². The number of amides is 4. The van der Waals surface area contributed by atoms with Gasteiger partial charge >= 0.3 is 12.1 Å². The quantitative estimate of drug-likeness (QED) is 0.800. The smallest absolute Gasteiger partial charge is 0.409 e. The van der Waals surface area contributed by atoms with Crippen LogP contribution in [0.4, 0.5) is 9.59 Å². The lowest BCUT2D eigenvalue weighted by Crippen LogP contribution is -2.56. The molecule has 0 unspecified atom stereocenters. The Bertz CT molecular complexity index is 550. The van der Waals surface area contributed by atoms with Crippen molar-refractivity contribution < 1.29 is 19.1 Å². The minimum absolute atomic E-state index is 0.0952. The average molecular weight is 338 g/mol. The predicted octanol–water partition coefficient (Wildman–Crippen LogP) is 0.899. The first kappa shape index (κ1) is 18.1. The number of urea groups is 1. The molecular formula is C16H26N4O4. The molecule has 0 aromatic carbocycles. The summed E-state index contributed by atoms with van der Waals surface area (Å²) in [5.41, 5.74) is 1.18. The number of ether oxygens (including phenoxy) is 1. The van der Waals surface area contributed by atoms with E-state index in [-0.39, 0.29) is 30.0 Å². The number of carbonyl (C=O) groups is 3. The van der Waals surface area contributed by atoms with E-state index in [1.54, 1.807) is 23.6 Å². The molecule has 2 aliphatic rings. The first-order valence-corrected chi connectivity index (χ1v) is 8.34. The van der Waals surface area contributed by atoms with Gasteiger partial charge in [-0.25, -0.2) is 9.59 Å². The van der Waals surface area contributed by atoms with E-state index in [1.807, 2.05) is 13.8 Å². The van der Waals surface area contributed by atoms with Crippen molar-refractivity contribution in [3.8, 4) is 0 Å². The molecule has 0 bridgehead atoms. The van der Waals surface area contributed by atoms with Crippen molar-refractivity contribution in [1.29, 1.82) is 0 Å². The fourth-order valence-electron chi connectivity index (χ4n) is 2.99. The van der Waals surface area contributed by atoms with E-state index >= 15 is 0 Å². The highest BCUT2D eigenvalue weighted by Crippen LogP contribution is 2.21. The number of allylic oxidation sites excluding steroid dienone is 1. The second-order valence-electron chi connectivity index (χ2n) is 6.34. The van der Waals surface area contributed by atoms with Crippen molar-refractivity contribution in [3.05, 3.63) is 11.3 Å². The molecule has 0 spiro atoms. The number of hydrogen-bond acceptors (Lipinski definition) is 4. The van der Waals surface area contributed by atoms with Gasteiger partial charge in [-0.1, -0.05) is 13.8 Å². The third-order valence-corrected chi connectivity index (χ3v) is 4.29. The topological polar surface area (TPSA) is 91.0 Å². The van der Waals surface area contributed by atoms with Gasteiger partial charge in [0.2, 0.25) is 0 Å². The van der Waals surface area contributed by atoms with Crippen LogP contribution >= 0.6 is 0 Å². The molecule has 4 amide bonds. The molecule has 0 aromatic rings. The highest BCUT2D eigenvalue weighted by molar-refractivity contribution is 5.98. The minimum atomic E-state index is -0.341. The van der Waals surface area contributed by atoms with Crippen molar-refractivity contribution in [2.75, 3.05) is 32.8 Å². The SMILES string of the molecule is CCOC(=O)N1CCN(C(=O)C2=C(C)NC(=O)N[C@@H]2C(C)C)CC1. The predicted molar refractivity (Wildman–Crippen MR) is 88.2 cm³/mol. The highest BCUT2D eigenvalue weighted by Gasteiger charge is 2.35. The number of rotatable bonds is 3. The average Bonchev–Trinajstić information content (AvgIpc) is 2.54. The van der Waals surface area contributed by atoms with E-state index in [2.05, 4.69) is 10.6 Å². The van der Waals surface area contributed by atoms with Crippen molar-refractivity contribution in [3.63, 3.8) is 0 Å². The number of hydrogen-bond donors (Lipinski definition) is 2. The molecule has 134 valence electrons. The second kappa shape index (κ2) is 7.55. The molecule has 8 heteroatoms. The Morgan fingerprint density at radius 3 is 2.33 bits per heavy atom. The summed E-state index contributed by atoms with van der Waals surface area (Å²) in [5.74, 6) is 0.00739. The minimum Gasteiger partial charge on any atom is -0.450 e. The molecule has 0 aliphatic carbocycles. The Morgan fingerprint density at radius 1 is 1.21 bits per heavy atom. The summed E-state index contributed by atoms with van der Waals surface area (Å²) < 4.78 is 4.99. The Morgan fingerprint density at radius 2 is 1.79 bits per heavy atom. The number of carbonyl (C=O) groups excluding carboxylic acids is 3. The lowest BCUT2D eigenvalue weighted by atomic mass is 9.92. The Balaban J connectivity index is 2.07. The summed E-state index contributed by atoms with van der Waals surface area (Å²) in [5, 5.41) is 5.50. The van der Waals surface area contributed by atoms with Crippen molar-refractivity contribution >= 4 is 18.0 Å². The van der Waals surface area contributed by atoms with Crippen molar-refractivity contribution in [2.45, 2.75) is 33.7 Å². The fraction of sp³-hybridized carbons (Fsp3) is 0.688. The van der Waals surface area contributed by atoms with Crippen LogP contribution in [0.25, 0.3) is 0 Å². The van der Waals surface area contributed by atoms with Gasteiger partial charge in [-0.2, -0.15) is 0 Å². The summed E-state index contributed by atoms with van der Waals surface area (Å²) >= 11 is 0. The third kappa shape index (κ3) is 3.80. The van der Waals surface area contributed by atoms with E-state index in [1.165, 1.54) is 0 Å². The Kier molecular flexibility index (Phi) is 5.69. The van der Waals surface area contributed by atoms with Gasteiger partial charge in [0.15, 0.2) is 0 Å². The third-order valence-electron chi connectivity index (χ3n) is 4.29. The highest BCUT2D eigenvalue weighted by atomic mass is 16.6. The molecule has 1 fully saturated rings. The Hall–Kier alpha value is -2.25. The zero-order valence-corrected chi connectivity index (χ0v) is 14.7. The summed E-state index contributed by atoms with van der Waals surface area (Å²) in [7, 11) is 0. The molecule has 1 atom stereocenters. The van der Waals surface area contributed by atoms with Crippen molar-refractivity contribution in [2.24, 2.45) is 5.92 Å². The van der Waals surface area contributed by atoms with Gasteiger partial charge in [-0.3, -0.25) is 4.79 Å². The molecule has 2 rings (SSSR count).